The van der Waals surface area contributed by atoms with Crippen molar-refractivity contribution in [1.82, 2.24) is 0 Å². The van der Waals surface area contributed by atoms with Crippen LogP contribution in [0.2, 0.25) is 0 Å². The fourth-order valence-corrected chi connectivity index (χ4v) is 2.77. The highest BCUT2D eigenvalue weighted by atomic mass is 32.2. The molecule has 0 aliphatic heterocycles. The number of nitrogens with zero attached hydrogens (tertiary/aromatic N) is 1. The van der Waals surface area contributed by atoms with Crippen molar-refractivity contribution in [3.8, 4) is 0 Å². The van der Waals surface area contributed by atoms with Gasteiger partial charge in [-0.1, -0.05) is 12.1 Å². The van der Waals surface area contributed by atoms with Gasteiger partial charge in [0.25, 0.3) is 0 Å². The lowest BCUT2D eigenvalue weighted by atomic mass is 10.2. The highest BCUT2D eigenvalue weighted by molar-refractivity contribution is 7.90. The van der Waals surface area contributed by atoms with Gasteiger partial charge in [-0.05, 0) is 25.1 Å². The van der Waals surface area contributed by atoms with E-state index in [0.29, 0.717) is 31.1 Å². The van der Waals surface area contributed by atoms with E-state index in [4.69, 9.17) is 10.5 Å². The van der Waals surface area contributed by atoms with Crippen molar-refractivity contribution in [2.24, 2.45) is 5.73 Å². The first-order valence-corrected chi connectivity index (χ1v) is 8.13. The summed E-state index contributed by atoms with van der Waals surface area (Å²) in [6.45, 7) is 2.47. The zero-order valence-corrected chi connectivity index (χ0v) is 12.3. The molecule has 0 amide bonds. The largest absolute Gasteiger partial charge is 0.383 e. The number of hydrogen-bond donors (Lipinski definition) is 1. The van der Waals surface area contributed by atoms with Crippen molar-refractivity contribution in [2.75, 3.05) is 44.5 Å². The van der Waals surface area contributed by atoms with Gasteiger partial charge in [-0.3, -0.25) is 0 Å². The van der Waals surface area contributed by atoms with Crippen molar-refractivity contribution in [3.63, 3.8) is 0 Å². The Balaban J connectivity index is 3.07. The Bertz CT molecular complexity index is 480. The van der Waals surface area contributed by atoms with Crippen molar-refractivity contribution >= 4 is 15.5 Å². The maximum absolute atomic E-state index is 11.8. The van der Waals surface area contributed by atoms with Crippen molar-refractivity contribution < 1.29 is 13.2 Å². The molecule has 0 saturated carbocycles. The molecule has 0 aromatic heterocycles. The van der Waals surface area contributed by atoms with Crippen LogP contribution in [0.4, 0.5) is 5.69 Å². The lowest BCUT2D eigenvalue weighted by Gasteiger charge is -2.26. The van der Waals surface area contributed by atoms with Crippen molar-refractivity contribution in [3.05, 3.63) is 24.3 Å². The summed E-state index contributed by atoms with van der Waals surface area (Å²) in [4.78, 5) is 2.36. The topological polar surface area (TPSA) is 72.6 Å². The van der Waals surface area contributed by atoms with Crippen molar-refractivity contribution in [2.45, 2.75) is 11.3 Å². The molecule has 0 saturated heterocycles. The molecule has 0 unspecified atom stereocenters. The van der Waals surface area contributed by atoms with E-state index in [1.165, 1.54) is 6.26 Å². The number of sulfone groups is 1. The van der Waals surface area contributed by atoms with Crippen LogP contribution in [0.1, 0.15) is 6.42 Å². The molecule has 0 aliphatic rings. The minimum Gasteiger partial charge on any atom is -0.383 e. The lowest BCUT2D eigenvalue weighted by Crippen LogP contribution is -2.30. The molecule has 0 bridgehead atoms. The van der Waals surface area contributed by atoms with Crippen LogP contribution in [0.3, 0.4) is 0 Å². The first-order chi connectivity index (χ1) is 9.00. The Hall–Kier alpha value is -1.11. The molecule has 0 spiro atoms. The SMILES string of the molecule is COCCN(CCCN)c1ccccc1S(C)(=O)=O. The molecular weight excluding hydrogens is 264 g/mol. The van der Waals surface area contributed by atoms with Crippen molar-refractivity contribution in [1.29, 1.82) is 0 Å². The van der Waals surface area contributed by atoms with Crippen LogP contribution < -0.4 is 10.6 Å². The second kappa shape index (κ2) is 7.47. The van der Waals surface area contributed by atoms with Crippen LogP contribution in [-0.4, -0.2) is 48.0 Å². The lowest BCUT2D eigenvalue weighted by molar-refractivity contribution is 0.205. The van der Waals surface area contributed by atoms with Gasteiger partial charge in [0.2, 0.25) is 0 Å². The quantitative estimate of drug-likeness (QED) is 0.768. The van der Waals surface area contributed by atoms with Gasteiger partial charge in [0.05, 0.1) is 17.2 Å². The zero-order chi connectivity index (χ0) is 14.3. The fraction of sp³-hybridized carbons (Fsp3) is 0.538. The molecular formula is C13H22N2O3S. The third-order valence-electron chi connectivity index (χ3n) is 2.80. The summed E-state index contributed by atoms with van der Waals surface area (Å²) in [5.74, 6) is 0. The number of rotatable bonds is 8. The number of methoxy groups -OCH3 is 1. The number of benzene rings is 1. The van der Waals surface area contributed by atoms with E-state index in [1.54, 1.807) is 19.2 Å². The van der Waals surface area contributed by atoms with Crippen LogP contribution in [0, 0.1) is 0 Å². The molecule has 108 valence electrons. The maximum Gasteiger partial charge on any atom is 0.177 e. The molecule has 5 nitrogen and oxygen atoms in total. The Morgan fingerprint density at radius 1 is 1.26 bits per heavy atom. The molecule has 0 atom stereocenters. The summed E-state index contributed by atoms with van der Waals surface area (Å²) < 4.78 is 28.7. The van der Waals surface area contributed by atoms with Crippen LogP contribution in [-0.2, 0) is 14.6 Å². The third-order valence-corrected chi connectivity index (χ3v) is 3.95. The summed E-state index contributed by atoms with van der Waals surface area (Å²) in [5.41, 5.74) is 6.25. The predicted molar refractivity (Wildman–Crippen MR) is 77.3 cm³/mol. The first kappa shape index (κ1) is 15.9. The molecule has 1 aromatic rings. The van der Waals surface area contributed by atoms with Crippen LogP contribution in [0.25, 0.3) is 0 Å². The van der Waals surface area contributed by atoms with Crippen LogP contribution >= 0.6 is 0 Å². The van der Waals surface area contributed by atoms with Gasteiger partial charge in [0.15, 0.2) is 9.84 Å². The molecule has 6 heteroatoms. The van der Waals surface area contributed by atoms with Gasteiger partial charge < -0.3 is 15.4 Å². The van der Waals surface area contributed by atoms with Gasteiger partial charge in [0, 0.05) is 26.5 Å². The Morgan fingerprint density at radius 2 is 1.95 bits per heavy atom. The van der Waals surface area contributed by atoms with Gasteiger partial charge in [0.1, 0.15) is 0 Å². The number of hydrogen-bond acceptors (Lipinski definition) is 5. The predicted octanol–water partition coefficient (Wildman–Crippen LogP) is 0.892. The second-order valence-corrected chi connectivity index (χ2v) is 6.35. The molecule has 19 heavy (non-hydrogen) atoms. The van der Waals surface area contributed by atoms with E-state index >= 15 is 0 Å². The van der Waals surface area contributed by atoms with E-state index in [2.05, 4.69) is 0 Å². The minimum atomic E-state index is -3.24. The zero-order valence-electron chi connectivity index (χ0n) is 11.5. The average molecular weight is 286 g/mol. The number of nitrogens with two attached hydrogens (primary N) is 1. The van der Waals surface area contributed by atoms with Gasteiger partial charge in [-0.25, -0.2) is 8.42 Å². The van der Waals surface area contributed by atoms with E-state index < -0.39 is 9.84 Å². The summed E-state index contributed by atoms with van der Waals surface area (Å²) in [6, 6.07) is 7.03. The van der Waals surface area contributed by atoms with Gasteiger partial charge in [-0.2, -0.15) is 0 Å². The minimum absolute atomic E-state index is 0.350. The smallest absolute Gasteiger partial charge is 0.177 e. The van der Waals surface area contributed by atoms with E-state index in [0.717, 1.165) is 12.1 Å². The Kier molecular flexibility index (Phi) is 6.27. The Morgan fingerprint density at radius 3 is 2.53 bits per heavy atom. The summed E-state index contributed by atoms with van der Waals surface area (Å²) in [5, 5.41) is 0. The standard InChI is InChI=1S/C13H22N2O3S/c1-18-11-10-15(9-5-8-14)12-6-3-4-7-13(12)19(2,16)17/h3-4,6-7H,5,8-11,14H2,1-2H3. The van der Waals surface area contributed by atoms with Gasteiger partial charge >= 0.3 is 0 Å². The van der Waals surface area contributed by atoms with E-state index in [9.17, 15) is 8.42 Å². The summed E-state index contributed by atoms with van der Waals surface area (Å²) in [7, 11) is -1.61. The first-order valence-electron chi connectivity index (χ1n) is 6.23. The fourth-order valence-electron chi connectivity index (χ4n) is 1.87. The average Bonchev–Trinajstić information content (AvgIpc) is 2.38. The third kappa shape index (κ3) is 4.81. The van der Waals surface area contributed by atoms with Crippen LogP contribution in [0.15, 0.2) is 29.2 Å². The Labute approximate surface area is 115 Å². The molecule has 1 rings (SSSR count). The number of ether oxygens (including phenoxy) is 1. The molecule has 1 aromatic carbocycles. The number of anilines is 1. The number of para-hydroxylation sites is 1. The van der Waals surface area contributed by atoms with Crippen LogP contribution in [0.5, 0.6) is 0 Å². The second-order valence-electron chi connectivity index (χ2n) is 4.36. The van der Waals surface area contributed by atoms with Gasteiger partial charge in [-0.15, -0.1) is 0 Å². The summed E-state index contributed by atoms with van der Waals surface area (Å²) >= 11 is 0. The van der Waals surface area contributed by atoms with E-state index in [1.807, 2.05) is 17.0 Å². The highest BCUT2D eigenvalue weighted by Crippen LogP contribution is 2.24. The molecule has 0 aliphatic carbocycles. The monoisotopic (exact) mass is 286 g/mol. The molecule has 0 radical (unpaired) electrons. The molecule has 0 heterocycles. The highest BCUT2D eigenvalue weighted by Gasteiger charge is 2.17. The molecule has 0 fully saturated rings. The van der Waals surface area contributed by atoms with E-state index in [-0.39, 0.29) is 0 Å². The normalized spacial score (nSPS) is 11.5. The molecule has 2 N–H and O–H groups in total. The summed E-state index contributed by atoms with van der Waals surface area (Å²) in [6.07, 6.45) is 2.03. The maximum atomic E-state index is 11.8.